The van der Waals surface area contributed by atoms with Crippen LogP contribution in [0.15, 0.2) is 48.5 Å². The quantitative estimate of drug-likeness (QED) is 0.663. The van der Waals surface area contributed by atoms with Gasteiger partial charge in [-0.1, -0.05) is 48.9 Å². The smallest absolute Gasteiger partial charge is 0.251 e. The molecule has 7 heteroatoms. The first-order valence-electron chi connectivity index (χ1n) is 9.97. The molecular weight excluding hydrogens is 400 g/mol. The summed E-state index contributed by atoms with van der Waals surface area (Å²) in [6.45, 7) is 4.33. The predicted octanol–water partition coefficient (Wildman–Crippen LogP) is 2.75. The summed E-state index contributed by atoms with van der Waals surface area (Å²) in [7, 11) is -1.62. The van der Waals surface area contributed by atoms with Crippen LogP contribution < -0.4 is 5.32 Å². The lowest BCUT2D eigenvalue weighted by atomic mass is 10.1. The van der Waals surface area contributed by atoms with E-state index >= 15 is 0 Å². The second kappa shape index (κ2) is 10.4. The number of amides is 2. The van der Waals surface area contributed by atoms with Crippen LogP contribution in [0.25, 0.3) is 0 Å². The number of benzene rings is 2. The lowest BCUT2D eigenvalue weighted by molar-refractivity contribution is -0.132. The minimum atomic E-state index is -3.27. The van der Waals surface area contributed by atoms with Crippen molar-refractivity contribution in [3.63, 3.8) is 0 Å². The van der Waals surface area contributed by atoms with E-state index in [1.54, 1.807) is 25.2 Å². The highest BCUT2D eigenvalue weighted by molar-refractivity contribution is 7.90. The third-order valence-electron chi connectivity index (χ3n) is 4.89. The highest BCUT2D eigenvalue weighted by atomic mass is 32.2. The van der Waals surface area contributed by atoms with E-state index in [4.69, 9.17) is 0 Å². The fourth-order valence-corrected chi connectivity index (χ4v) is 3.78. The third kappa shape index (κ3) is 7.30. The molecule has 0 saturated carbocycles. The summed E-state index contributed by atoms with van der Waals surface area (Å²) in [4.78, 5) is 27.2. The highest BCUT2D eigenvalue weighted by Gasteiger charge is 2.26. The summed E-state index contributed by atoms with van der Waals surface area (Å²) in [6.07, 6.45) is 2.08. The van der Waals surface area contributed by atoms with Crippen LogP contribution in [0.4, 0.5) is 0 Å². The molecule has 0 heterocycles. The van der Waals surface area contributed by atoms with Gasteiger partial charge in [-0.15, -0.1) is 0 Å². The fraction of sp³-hybridized carbons (Fsp3) is 0.391. The Morgan fingerprint density at radius 1 is 1.07 bits per heavy atom. The molecule has 2 aromatic rings. The van der Waals surface area contributed by atoms with Crippen LogP contribution in [0, 0.1) is 6.92 Å². The van der Waals surface area contributed by atoms with Gasteiger partial charge in [-0.05, 0) is 43.0 Å². The van der Waals surface area contributed by atoms with Gasteiger partial charge in [-0.25, -0.2) is 8.42 Å². The van der Waals surface area contributed by atoms with Gasteiger partial charge < -0.3 is 10.2 Å². The van der Waals surface area contributed by atoms with Crippen molar-refractivity contribution in [1.82, 2.24) is 10.2 Å². The number of sulfone groups is 1. The molecule has 0 aliphatic rings. The maximum absolute atomic E-state index is 13.0. The molecule has 0 aliphatic carbocycles. The number of aryl methyl sites for hydroxylation is 2. The summed E-state index contributed by atoms with van der Waals surface area (Å²) in [5, 5.41) is 2.72. The molecule has 0 bridgehead atoms. The number of nitrogens with one attached hydrogen (secondary N) is 1. The van der Waals surface area contributed by atoms with Gasteiger partial charge in [0.15, 0.2) is 0 Å². The third-order valence-corrected chi connectivity index (χ3v) is 5.87. The maximum atomic E-state index is 13.0. The molecule has 0 radical (unpaired) electrons. The standard InChI is InChI=1S/C23H30N2O4S/c1-5-18-9-11-19(12-10-18)16-25(3)23(27)21(13-14-30(4,28)29)24-22(26)20-8-6-7-17(2)15-20/h6-12,15,21H,5,13-14,16H2,1-4H3,(H,24,26). The molecule has 0 aromatic heterocycles. The Morgan fingerprint density at radius 2 is 1.70 bits per heavy atom. The average Bonchev–Trinajstić information content (AvgIpc) is 2.70. The van der Waals surface area contributed by atoms with Crippen molar-refractivity contribution >= 4 is 21.7 Å². The number of hydrogen-bond donors (Lipinski definition) is 1. The van der Waals surface area contributed by atoms with Gasteiger partial charge in [0.25, 0.3) is 5.91 Å². The van der Waals surface area contributed by atoms with E-state index in [0.29, 0.717) is 12.1 Å². The number of hydrogen-bond acceptors (Lipinski definition) is 4. The van der Waals surface area contributed by atoms with Gasteiger partial charge >= 0.3 is 0 Å². The number of carbonyl (C=O) groups excluding carboxylic acids is 2. The van der Waals surface area contributed by atoms with Crippen LogP contribution in [0.1, 0.15) is 40.4 Å². The van der Waals surface area contributed by atoms with Gasteiger partial charge in [0, 0.05) is 25.4 Å². The number of likely N-dealkylation sites (N-methyl/N-ethyl adjacent to an activating group) is 1. The molecule has 1 unspecified atom stereocenters. The van der Waals surface area contributed by atoms with E-state index in [-0.39, 0.29) is 18.1 Å². The zero-order valence-corrected chi connectivity index (χ0v) is 18.8. The summed E-state index contributed by atoms with van der Waals surface area (Å²) in [5.41, 5.74) is 3.54. The molecule has 2 aromatic carbocycles. The van der Waals surface area contributed by atoms with Gasteiger partial charge in [0.2, 0.25) is 5.91 Å². The Labute approximate surface area is 179 Å². The lowest BCUT2D eigenvalue weighted by Crippen LogP contribution is -2.48. The monoisotopic (exact) mass is 430 g/mol. The minimum absolute atomic E-state index is 0.0222. The number of carbonyl (C=O) groups is 2. The second-order valence-corrected chi connectivity index (χ2v) is 9.94. The van der Waals surface area contributed by atoms with Crippen LogP contribution in [0.2, 0.25) is 0 Å². The molecule has 6 nitrogen and oxygen atoms in total. The fourth-order valence-electron chi connectivity index (χ4n) is 3.12. The van der Waals surface area contributed by atoms with E-state index in [1.165, 1.54) is 10.5 Å². The van der Waals surface area contributed by atoms with Crippen LogP contribution in [-0.2, 0) is 27.6 Å². The normalized spacial score (nSPS) is 12.3. The van der Waals surface area contributed by atoms with E-state index in [1.807, 2.05) is 37.3 Å². The van der Waals surface area contributed by atoms with E-state index in [9.17, 15) is 18.0 Å². The topological polar surface area (TPSA) is 83.6 Å². The van der Waals surface area contributed by atoms with Crippen molar-refractivity contribution in [2.24, 2.45) is 0 Å². The molecule has 1 atom stereocenters. The molecule has 2 rings (SSSR count). The molecule has 0 aliphatic heterocycles. The zero-order chi connectivity index (χ0) is 22.3. The van der Waals surface area contributed by atoms with E-state index < -0.39 is 21.8 Å². The summed E-state index contributed by atoms with van der Waals surface area (Å²) in [6, 6.07) is 14.1. The Kier molecular flexibility index (Phi) is 8.17. The molecular formula is C23H30N2O4S. The predicted molar refractivity (Wildman–Crippen MR) is 119 cm³/mol. The van der Waals surface area contributed by atoms with Gasteiger partial charge in [-0.3, -0.25) is 9.59 Å². The molecule has 2 amide bonds. The summed E-state index contributed by atoms with van der Waals surface area (Å²) >= 11 is 0. The molecule has 0 fully saturated rings. The maximum Gasteiger partial charge on any atom is 0.251 e. The van der Waals surface area contributed by atoms with Crippen LogP contribution in [0.5, 0.6) is 0 Å². The van der Waals surface area contributed by atoms with Crippen LogP contribution in [0.3, 0.4) is 0 Å². The van der Waals surface area contributed by atoms with Crippen molar-refractivity contribution in [2.75, 3.05) is 19.1 Å². The molecule has 0 saturated heterocycles. The van der Waals surface area contributed by atoms with Crippen LogP contribution in [-0.4, -0.2) is 50.2 Å². The Bertz CT molecular complexity index is 985. The van der Waals surface area contributed by atoms with Crippen molar-refractivity contribution in [2.45, 2.75) is 39.3 Å². The minimum Gasteiger partial charge on any atom is -0.340 e. The summed E-state index contributed by atoms with van der Waals surface area (Å²) in [5.74, 6) is -0.901. The zero-order valence-electron chi connectivity index (χ0n) is 18.0. The second-order valence-electron chi connectivity index (χ2n) is 7.68. The molecule has 162 valence electrons. The highest BCUT2D eigenvalue weighted by Crippen LogP contribution is 2.11. The molecule has 1 N–H and O–H groups in total. The lowest BCUT2D eigenvalue weighted by Gasteiger charge is -2.25. The number of rotatable bonds is 9. The van der Waals surface area contributed by atoms with Gasteiger partial charge in [0.1, 0.15) is 15.9 Å². The number of nitrogens with zero attached hydrogens (tertiary/aromatic N) is 1. The van der Waals surface area contributed by atoms with Crippen LogP contribution >= 0.6 is 0 Å². The average molecular weight is 431 g/mol. The Morgan fingerprint density at radius 3 is 2.27 bits per heavy atom. The molecule has 0 spiro atoms. The first-order valence-corrected chi connectivity index (χ1v) is 12.0. The Hall–Kier alpha value is -2.67. The molecule has 30 heavy (non-hydrogen) atoms. The van der Waals surface area contributed by atoms with Crippen molar-refractivity contribution in [1.29, 1.82) is 0 Å². The van der Waals surface area contributed by atoms with E-state index in [2.05, 4.69) is 12.2 Å². The van der Waals surface area contributed by atoms with Gasteiger partial charge in [-0.2, -0.15) is 0 Å². The van der Waals surface area contributed by atoms with Crippen molar-refractivity contribution in [3.05, 3.63) is 70.8 Å². The SMILES string of the molecule is CCc1ccc(CN(C)C(=O)C(CCS(C)(=O)=O)NC(=O)c2cccc(C)c2)cc1. The first kappa shape index (κ1) is 23.6. The van der Waals surface area contributed by atoms with Crippen molar-refractivity contribution in [3.8, 4) is 0 Å². The van der Waals surface area contributed by atoms with E-state index in [0.717, 1.165) is 23.8 Å². The van der Waals surface area contributed by atoms with Crippen molar-refractivity contribution < 1.29 is 18.0 Å². The largest absolute Gasteiger partial charge is 0.340 e. The van der Waals surface area contributed by atoms with Gasteiger partial charge in [0.05, 0.1) is 5.75 Å². The Balaban J connectivity index is 2.14. The summed E-state index contributed by atoms with van der Waals surface area (Å²) < 4.78 is 23.3. The first-order chi connectivity index (χ1) is 14.1.